The molecule has 0 aromatic rings. The number of carbonyl (C=O) groups is 1. The quantitative estimate of drug-likeness (QED) is 0.490. The fourth-order valence-corrected chi connectivity index (χ4v) is 5.20. The molecule has 0 aromatic heterocycles. The van der Waals surface area contributed by atoms with Gasteiger partial charge in [-0.2, -0.15) is 0 Å². The zero-order chi connectivity index (χ0) is 12.7. The maximum Gasteiger partial charge on any atom is 0.309 e. The molecule has 2 saturated heterocycles. The lowest BCUT2D eigenvalue weighted by Gasteiger charge is -2.49. The van der Waals surface area contributed by atoms with Crippen molar-refractivity contribution in [3.63, 3.8) is 0 Å². The molecular weight excluding hydrogens is 228 g/mol. The van der Waals surface area contributed by atoms with E-state index in [0.29, 0.717) is 17.8 Å². The van der Waals surface area contributed by atoms with E-state index in [1.54, 1.807) is 0 Å². The van der Waals surface area contributed by atoms with Gasteiger partial charge < -0.3 is 9.47 Å². The van der Waals surface area contributed by atoms with Crippen molar-refractivity contribution in [3.05, 3.63) is 0 Å². The summed E-state index contributed by atoms with van der Waals surface area (Å²) in [7, 11) is 0. The van der Waals surface area contributed by atoms with Gasteiger partial charge in [0.1, 0.15) is 11.7 Å². The van der Waals surface area contributed by atoms with Crippen LogP contribution in [0.3, 0.4) is 0 Å². The zero-order valence-corrected chi connectivity index (χ0v) is 11.4. The monoisotopic (exact) mass is 250 g/mol. The van der Waals surface area contributed by atoms with Crippen LogP contribution in [0.5, 0.6) is 0 Å². The average molecular weight is 250 g/mol. The molecule has 7 atom stereocenters. The Morgan fingerprint density at radius 1 is 1.17 bits per heavy atom. The molecule has 2 heterocycles. The van der Waals surface area contributed by atoms with Gasteiger partial charge in [-0.1, -0.05) is 13.8 Å². The van der Waals surface area contributed by atoms with E-state index in [4.69, 9.17) is 9.47 Å². The lowest BCUT2D eigenvalue weighted by atomic mass is 9.55. The minimum absolute atomic E-state index is 0.00382. The highest BCUT2D eigenvalue weighted by atomic mass is 16.7. The number of ether oxygens (including phenoxy) is 2. The van der Waals surface area contributed by atoms with E-state index in [2.05, 4.69) is 13.8 Å². The second-order valence-corrected chi connectivity index (χ2v) is 7.18. The number of rotatable bonds is 0. The van der Waals surface area contributed by atoms with Crippen LogP contribution in [-0.4, -0.2) is 23.3 Å². The van der Waals surface area contributed by atoms with E-state index in [1.807, 2.05) is 6.92 Å². The maximum absolute atomic E-state index is 12.1. The van der Waals surface area contributed by atoms with Gasteiger partial charge in [-0.15, -0.1) is 0 Å². The van der Waals surface area contributed by atoms with E-state index in [9.17, 15) is 4.79 Å². The predicted molar refractivity (Wildman–Crippen MR) is 65.9 cm³/mol. The van der Waals surface area contributed by atoms with Gasteiger partial charge >= 0.3 is 5.97 Å². The van der Waals surface area contributed by atoms with Gasteiger partial charge in [0.15, 0.2) is 0 Å². The van der Waals surface area contributed by atoms with Crippen LogP contribution in [0.4, 0.5) is 0 Å². The highest BCUT2D eigenvalue weighted by Gasteiger charge is 2.76. The Bertz CT molecular complexity index is 420. The third-order valence-corrected chi connectivity index (χ3v) is 6.28. The number of hydrogen-bond acceptors (Lipinski definition) is 3. The van der Waals surface area contributed by atoms with Gasteiger partial charge in [-0.3, -0.25) is 4.79 Å². The molecule has 2 saturated carbocycles. The molecular formula is C15H22O3. The number of fused-ring (bicyclic) bond motifs is 1. The van der Waals surface area contributed by atoms with E-state index >= 15 is 0 Å². The van der Waals surface area contributed by atoms with Crippen molar-refractivity contribution < 1.29 is 14.3 Å². The first-order valence-corrected chi connectivity index (χ1v) is 7.40. The Morgan fingerprint density at radius 3 is 2.72 bits per heavy atom. The summed E-state index contributed by atoms with van der Waals surface area (Å²) in [6.45, 7) is 6.56. The van der Waals surface area contributed by atoms with Gasteiger partial charge in [0.2, 0.25) is 0 Å². The molecule has 100 valence electrons. The topological polar surface area (TPSA) is 38.8 Å². The van der Waals surface area contributed by atoms with Crippen molar-refractivity contribution in [2.45, 2.75) is 63.8 Å². The average Bonchev–Trinajstić information content (AvgIpc) is 2.95. The first kappa shape index (κ1) is 11.3. The molecule has 0 aromatic carbocycles. The molecule has 0 bridgehead atoms. The number of epoxide rings is 1. The van der Waals surface area contributed by atoms with Crippen molar-refractivity contribution >= 4 is 5.97 Å². The molecule has 0 unspecified atom stereocenters. The molecule has 4 aliphatic rings. The van der Waals surface area contributed by atoms with Crippen LogP contribution < -0.4 is 0 Å². The Labute approximate surface area is 108 Å². The summed E-state index contributed by atoms with van der Waals surface area (Å²) in [5, 5.41) is 0. The van der Waals surface area contributed by atoms with Gasteiger partial charge in [0, 0.05) is 11.8 Å². The Morgan fingerprint density at radius 2 is 1.94 bits per heavy atom. The Balaban J connectivity index is 1.81. The summed E-state index contributed by atoms with van der Waals surface area (Å²) < 4.78 is 12.0. The molecule has 4 fully saturated rings. The van der Waals surface area contributed by atoms with E-state index in [-0.39, 0.29) is 29.2 Å². The van der Waals surface area contributed by atoms with E-state index in [0.717, 1.165) is 19.3 Å². The first-order valence-electron chi connectivity index (χ1n) is 7.40. The van der Waals surface area contributed by atoms with Crippen LogP contribution in [0.15, 0.2) is 0 Å². The Hall–Kier alpha value is -0.570. The SMILES string of the molecule is C[C@@H]1C(=O)O[C@@]23[C@H](CC[C@@]4(C)O[C@@H]24)[C@@H](C)CC[C@@H]13. The van der Waals surface area contributed by atoms with Crippen molar-refractivity contribution in [2.24, 2.45) is 23.7 Å². The molecule has 4 rings (SSSR count). The van der Waals surface area contributed by atoms with Crippen LogP contribution in [0, 0.1) is 23.7 Å². The number of hydrogen-bond donors (Lipinski definition) is 0. The van der Waals surface area contributed by atoms with Gasteiger partial charge in [0.05, 0.1) is 11.5 Å². The smallest absolute Gasteiger partial charge is 0.309 e. The van der Waals surface area contributed by atoms with Crippen LogP contribution in [0.25, 0.3) is 0 Å². The molecule has 2 aliphatic heterocycles. The number of esters is 1. The second kappa shape index (κ2) is 3.12. The van der Waals surface area contributed by atoms with Crippen molar-refractivity contribution in [1.29, 1.82) is 0 Å². The van der Waals surface area contributed by atoms with Crippen LogP contribution >= 0.6 is 0 Å². The molecule has 0 amide bonds. The maximum atomic E-state index is 12.1. The third-order valence-electron chi connectivity index (χ3n) is 6.28. The normalized spacial score (nSPS) is 61.5. The molecule has 3 heteroatoms. The molecule has 0 N–H and O–H groups in total. The van der Waals surface area contributed by atoms with E-state index < -0.39 is 0 Å². The highest BCUT2D eigenvalue weighted by Crippen LogP contribution is 2.66. The van der Waals surface area contributed by atoms with Crippen molar-refractivity contribution in [1.82, 2.24) is 0 Å². The summed E-state index contributed by atoms with van der Waals surface area (Å²) in [6.07, 6.45) is 4.82. The summed E-state index contributed by atoms with van der Waals surface area (Å²) in [4.78, 5) is 12.1. The summed E-state index contributed by atoms with van der Waals surface area (Å²) >= 11 is 0. The van der Waals surface area contributed by atoms with Crippen LogP contribution in [0.1, 0.15) is 46.5 Å². The van der Waals surface area contributed by atoms with Gasteiger partial charge in [-0.25, -0.2) is 0 Å². The van der Waals surface area contributed by atoms with Crippen LogP contribution in [0.2, 0.25) is 0 Å². The number of carbonyl (C=O) groups excluding carboxylic acids is 1. The lowest BCUT2D eigenvalue weighted by Crippen LogP contribution is -2.58. The standard InChI is InChI=1S/C15H22O3/c1-8-4-5-11-9(2)12(16)17-15(11)10(8)6-7-14(3)13(15)18-14/h8-11,13H,4-7H2,1-3H3/t8-,9-,10+,11-,13+,14+,15+/m0/s1. The Kier molecular flexibility index (Phi) is 1.95. The minimum atomic E-state index is -0.277. The van der Waals surface area contributed by atoms with Gasteiger partial charge in [-0.05, 0) is 38.5 Å². The predicted octanol–water partition coefficient (Wildman–Crippen LogP) is 2.53. The molecule has 3 nitrogen and oxygen atoms in total. The van der Waals surface area contributed by atoms with E-state index in [1.165, 1.54) is 6.42 Å². The fraction of sp³-hybridized carbons (Fsp3) is 0.933. The third kappa shape index (κ3) is 1.08. The summed E-state index contributed by atoms with van der Waals surface area (Å²) in [6, 6.07) is 0. The second-order valence-electron chi connectivity index (χ2n) is 7.18. The molecule has 18 heavy (non-hydrogen) atoms. The fourth-order valence-electron chi connectivity index (χ4n) is 5.20. The van der Waals surface area contributed by atoms with Crippen molar-refractivity contribution in [3.8, 4) is 0 Å². The zero-order valence-electron chi connectivity index (χ0n) is 11.4. The van der Waals surface area contributed by atoms with Crippen molar-refractivity contribution in [2.75, 3.05) is 0 Å². The summed E-state index contributed by atoms with van der Waals surface area (Å²) in [5.74, 6) is 1.64. The largest absolute Gasteiger partial charge is 0.455 e. The molecule has 1 spiro atoms. The summed E-state index contributed by atoms with van der Waals surface area (Å²) in [5.41, 5.74) is -0.280. The van der Waals surface area contributed by atoms with Gasteiger partial charge in [0.25, 0.3) is 0 Å². The molecule has 2 aliphatic carbocycles. The molecule has 0 radical (unpaired) electrons. The van der Waals surface area contributed by atoms with Crippen LogP contribution in [-0.2, 0) is 14.3 Å². The lowest BCUT2D eigenvalue weighted by molar-refractivity contribution is -0.168. The first-order chi connectivity index (χ1) is 8.49. The highest BCUT2D eigenvalue weighted by molar-refractivity contribution is 5.76. The minimum Gasteiger partial charge on any atom is -0.455 e.